The lowest BCUT2D eigenvalue weighted by molar-refractivity contribution is 0.310. The fourth-order valence-electron chi connectivity index (χ4n) is 4.32. The summed E-state index contributed by atoms with van der Waals surface area (Å²) in [7, 11) is -8.21. The maximum Gasteiger partial charge on any atom is 0.297 e. The van der Waals surface area contributed by atoms with Crippen LogP contribution in [0.3, 0.4) is 0 Å². The Morgan fingerprint density at radius 3 is 1.25 bits per heavy atom. The van der Waals surface area contributed by atoms with Crippen molar-refractivity contribution in [3.8, 4) is 0 Å². The first-order valence-electron chi connectivity index (χ1n) is 15.6. The molecule has 0 saturated carbocycles. The first kappa shape index (κ1) is 40.4. The third-order valence-corrected chi connectivity index (χ3v) is 8.84. The van der Waals surface area contributed by atoms with Crippen molar-refractivity contribution in [2.75, 3.05) is 91.6 Å². The third-order valence-electron chi connectivity index (χ3n) is 6.60. The second-order valence-corrected chi connectivity index (χ2v) is 13.5. The fourth-order valence-corrected chi connectivity index (χ4v) is 5.90. The molecule has 0 aliphatic carbocycles. The quantitative estimate of drug-likeness (QED) is 0.0299. The van der Waals surface area contributed by atoms with Crippen LogP contribution >= 0.6 is 0 Å². The fraction of sp³-hybridized carbons (Fsp3) is 0.310. The van der Waals surface area contributed by atoms with Crippen LogP contribution in [0.25, 0.3) is 12.2 Å². The molecule has 0 radical (unpaired) electrons. The molecular weight excluding hydrogens is 741 g/mol. The van der Waals surface area contributed by atoms with Gasteiger partial charge in [-0.1, -0.05) is 24.3 Å². The normalized spacial score (nSPS) is 11.7. The summed E-state index contributed by atoms with van der Waals surface area (Å²) in [5, 5.41) is 53.5. The average Bonchev–Trinajstić information content (AvgIpc) is 3.13. The molecule has 2 aromatic carbocycles. The zero-order chi connectivity index (χ0) is 38.4. The van der Waals surface area contributed by atoms with Gasteiger partial charge in [0.25, 0.3) is 20.2 Å². The summed E-state index contributed by atoms with van der Waals surface area (Å²) in [4.78, 5) is 24.2. The van der Waals surface area contributed by atoms with Gasteiger partial charge >= 0.3 is 0 Å². The minimum absolute atomic E-state index is 0.0103. The summed E-state index contributed by atoms with van der Waals surface area (Å²) in [5.74, 6) is 0.269. The summed E-state index contributed by atoms with van der Waals surface area (Å²) < 4.78 is 65.8. The summed E-state index contributed by atoms with van der Waals surface area (Å²) >= 11 is 0. The highest BCUT2D eigenvalue weighted by molar-refractivity contribution is 7.87. The van der Waals surface area contributed by atoms with Crippen LogP contribution in [-0.4, -0.2) is 131 Å². The molecule has 286 valence electrons. The SMILES string of the molecule is COS(=O)(=O)c1cc(Nc2nc(NCCO)nc(NCCO)n2)ccc1/C=C/c1ccc(Nc2nc(NCCO)nc(NCCO)n2)cc1S(=O)(=O)O. The predicted octanol–water partition coefficient (Wildman–Crippen LogP) is -0.0872. The van der Waals surface area contributed by atoms with Crippen molar-refractivity contribution in [3.05, 3.63) is 47.5 Å². The summed E-state index contributed by atoms with van der Waals surface area (Å²) in [6, 6.07) is 8.08. The molecule has 22 nitrogen and oxygen atoms in total. The summed E-state index contributed by atoms with van der Waals surface area (Å²) in [6.07, 6.45) is 2.60. The minimum Gasteiger partial charge on any atom is -0.395 e. The van der Waals surface area contributed by atoms with E-state index in [0.29, 0.717) is 0 Å². The van der Waals surface area contributed by atoms with Crippen LogP contribution in [-0.2, 0) is 24.4 Å². The number of rotatable bonds is 21. The Morgan fingerprint density at radius 1 is 0.566 bits per heavy atom. The Hall–Kier alpha value is -5.34. The molecule has 0 aliphatic heterocycles. The standard InChI is InChI=1S/C29H38N12O10S2/c1-51-53(49,50)23-17-21(35-29-40-26(32-10-14-44)37-27(41-29)33-11-15-45)7-5-19(23)3-2-18-4-6-20(16-22(18)52(46,47)48)34-28-38-24(30-8-12-42)36-25(39-28)31-9-13-43/h2-7,16-17,42-45H,8-15H2,1H3,(H,46,47,48)(H3,30,31,34,36,38,39)(H3,32,33,35,37,40,41)/b3-2+. The van der Waals surface area contributed by atoms with Crippen molar-refractivity contribution in [3.63, 3.8) is 0 Å². The van der Waals surface area contributed by atoms with E-state index in [1.165, 1.54) is 42.5 Å². The van der Waals surface area contributed by atoms with Crippen LogP contribution in [0.1, 0.15) is 11.1 Å². The van der Waals surface area contributed by atoms with Gasteiger partial charge in [-0.05, 0) is 35.4 Å². The maximum atomic E-state index is 13.0. The molecule has 11 N–H and O–H groups in total. The molecule has 53 heavy (non-hydrogen) atoms. The third kappa shape index (κ3) is 11.8. The van der Waals surface area contributed by atoms with E-state index in [9.17, 15) is 21.4 Å². The van der Waals surface area contributed by atoms with Gasteiger partial charge in [-0.15, -0.1) is 0 Å². The second kappa shape index (κ2) is 18.9. The van der Waals surface area contributed by atoms with E-state index in [1.807, 2.05) is 0 Å². The van der Waals surface area contributed by atoms with E-state index in [1.54, 1.807) is 0 Å². The largest absolute Gasteiger partial charge is 0.395 e. The molecular formula is C29H38N12O10S2. The van der Waals surface area contributed by atoms with Gasteiger partial charge < -0.3 is 52.3 Å². The van der Waals surface area contributed by atoms with Gasteiger partial charge in [-0.3, -0.25) is 8.74 Å². The van der Waals surface area contributed by atoms with Crippen LogP contribution < -0.4 is 31.9 Å². The highest BCUT2D eigenvalue weighted by atomic mass is 32.2. The highest BCUT2D eigenvalue weighted by Crippen LogP contribution is 2.29. The summed E-state index contributed by atoms with van der Waals surface area (Å²) in [6.45, 7) is -0.317. The van der Waals surface area contributed by atoms with Gasteiger partial charge in [0.1, 0.15) is 9.79 Å². The molecule has 4 rings (SSSR count). The lowest BCUT2D eigenvalue weighted by Gasteiger charge is -2.13. The Bertz CT molecular complexity index is 2060. The number of hydrogen-bond donors (Lipinski definition) is 11. The average molecular weight is 779 g/mol. The monoisotopic (exact) mass is 778 g/mol. The Balaban J connectivity index is 1.67. The zero-order valence-corrected chi connectivity index (χ0v) is 29.7. The molecule has 4 aromatic rings. The number of aromatic nitrogens is 6. The topological polar surface area (TPSA) is 328 Å². The van der Waals surface area contributed by atoms with Gasteiger partial charge in [0, 0.05) is 37.6 Å². The molecule has 2 aromatic heterocycles. The Morgan fingerprint density at radius 2 is 0.906 bits per heavy atom. The van der Waals surface area contributed by atoms with E-state index in [0.717, 1.165) is 13.2 Å². The Kier molecular flexibility index (Phi) is 14.5. The lowest BCUT2D eigenvalue weighted by atomic mass is 10.1. The van der Waals surface area contributed by atoms with Crippen molar-refractivity contribution < 1.29 is 46.0 Å². The molecule has 0 bridgehead atoms. The van der Waals surface area contributed by atoms with Crippen molar-refractivity contribution in [1.82, 2.24) is 29.9 Å². The number of anilines is 8. The van der Waals surface area contributed by atoms with E-state index in [-0.39, 0.29) is 116 Å². The lowest BCUT2D eigenvalue weighted by Crippen LogP contribution is -2.15. The number of aliphatic hydroxyl groups excluding tert-OH is 4. The molecule has 0 amide bonds. The first-order chi connectivity index (χ1) is 25.4. The van der Waals surface area contributed by atoms with E-state index < -0.39 is 25.1 Å². The van der Waals surface area contributed by atoms with Gasteiger partial charge in [0.05, 0.1) is 33.5 Å². The molecule has 0 saturated heterocycles. The number of hydrogen-bond acceptors (Lipinski definition) is 21. The number of nitrogens with one attached hydrogen (secondary N) is 6. The van der Waals surface area contributed by atoms with Crippen molar-refractivity contribution in [2.45, 2.75) is 9.79 Å². The van der Waals surface area contributed by atoms with Crippen LogP contribution in [0.15, 0.2) is 46.2 Å². The van der Waals surface area contributed by atoms with E-state index >= 15 is 0 Å². The molecule has 0 atom stereocenters. The van der Waals surface area contributed by atoms with E-state index in [2.05, 4.69) is 61.8 Å². The van der Waals surface area contributed by atoms with Crippen molar-refractivity contribution >= 4 is 79.5 Å². The van der Waals surface area contributed by atoms with Crippen LogP contribution in [0, 0.1) is 0 Å². The molecule has 0 spiro atoms. The minimum atomic E-state index is -4.83. The molecule has 0 unspecified atom stereocenters. The number of nitrogens with zero attached hydrogens (tertiary/aromatic N) is 6. The van der Waals surface area contributed by atoms with Gasteiger partial charge in [-0.25, -0.2) is 0 Å². The van der Waals surface area contributed by atoms with Crippen molar-refractivity contribution in [1.29, 1.82) is 0 Å². The summed E-state index contributed by atoms with van der Waals surface area (Å²) in [5.41, 5.74) is 0.427. The molecule has 0 aliphatic rings. The van der Waals surface area contributed by atoms with Gasteiger partial charge in [0.15, 0.2) is 0 Å². The van der Waals surface area contributed by atoms with Crippen LogP contribution in [0.2, 0.25) is 0 Å². The number of aliphatic hydroxyl groups is 4. The predicted molar refractivity (Wildman–Crippen MR) is 194 cm³/mol. The zero-order valence-electron chi connectivity index (χ0n) is 28.1. The molecule has 2 heterocycles. The molecule has 0 fully saturated rings. The second-order valence-electron chi connectivity index (χ2n) is 10.4. The van der Waals surface area contributed by atoms with Gasteiger partial charge in [-0.2, -0.15) is 46.7 Å². The van der Waals surface area contributed by atoms with Crippen LogP contribution in [0.4, 0.5) is 47.1 Å². The van der Waals surface area contributed by atoms with Crippen molar-refractivity contribution in [2.24, 2.45) is 0 Å². The smallest absolute Gasteiger partial charge is 0.297 e. The van der Waals surface area contributed by atoms with E-state index in [4.69, 9.17) is 24.6 Å². The van der Waals surface area contributed by atoms with Gasteiger partial charge in [0.2, 0.25) is 35.7 Å². The first-order valence-corrected chi connectivity index (χ1v) is 18.4. The highest BCUT2D eigenvalue weighted by Gasteiger charge is 2.20. The molecule has 24 heteroatoms. The maximum absolute atomic E-state index is 13.0. The van der Waals surface area contributed by atoms with Crippen LogP contribution in [0.5, 0.6) is 0 Å². The Labute approximate surface area is 303 Å². The number of benzene rings is 2.